The number of aryl methyl sites for hydroxylation is 1. The molecule has 5 nitrogen and oxygen atoms in total. The first-order valence-corrected chi connectivity index (χ1v) is 7.39. The Morgan fingerprint density at radius 1 is 1.29 bits per heavy atom. The van der Waals surface area contributed by atoms with E-state index in [2.05, 4.69) is 5.32 Å². The van der Waals surface area contributed by atoms with Crippen LogP contribution in [0.4, 0.5) is 10.5 Å². The van der Waals surface area contributed by atoms with Crippen LogP contribution in [0.5, 0.6) is 0 Å². The molecule has 1 heterocycles. The van der Waals surface area contributed by atoms with Gasteiger partial charge in [-0.1, -0.05) is 18.2 Å². The van der Waals surface area contributed by atoms with E-state index in [9.17, 15) is 9.59 Å². The number of carbonyl (C=O) groups is 2. The molecule has 0 radical (unpaired) electrons. The number of urea groups is 1. The maximum Gasteiger partial charge on any atom is 0.321 e. The molecule has 1 aliphatic rings. The number of carboxylic acids is 1. The summed E-state index contributed by atoms with van der Waals surface area (Å²) in [4.78, 5) is 24.6. The molecule has 114 valence electrons. The minimum Gasteiger partial charge on any atom is -0.481 e. The van der Waals surface area contributed by atoms with Crippen LogP contribution in [0.25, 0.3) is 0 Å². The SMILES string of the molecule is Cc1ccccc1NC(=O)N1CCC(CCC(=O)O)CC1. The highest BCUT2D eigenvalue weighted by molar-refractivity contribution is 5.90. The number of anilines is 1. The number of nitrogens with one attached hydrogen (secondary N) is 1. The second-order valence-corrected chi connectivity index (χ2v) is 5.61. The third kappa shape index (κ3) is 4.48. The lowest BCUT2D eigenvalue weighted by Crippen LogP contribution is -2.41. The lowest BCUT2D eigenvalue weighted by atomic mass is 9.92. The molecule has 0 unspecified atom stereocenters. The van der Waals surface area contributed by atoms with Gasteiger partial charge in [0, 0.05) is 25.2 Å². The van der Waals surface area contributed by atoms with E-state index in [-0.39, 0.29) is 12.5 Å². The molecule has 1 aliphatic heterocycles. The quantitative estimate of drug-likeness (QED) is 0.895. The molecular formula is C16H22N2O3. The number of likely N-dealkylation sites (tertiary alicyclic amines) is 1. The zero-order valence-electron chi connectivity index (χ0n) is 12.3. The van der Waals surface area contributed by atoms with E-state index < -0.39 is 5.97 Å². The fourth-order valence-corrected chi connectivity index (χ4v) is 2.66. The van der Waals surface area contributed by atoms with Gasteiger partial charge in [-0.05, 0) is 43.7 Å². The van der Waals surface area contributed by atoms with Crippen molar-refractivity contribution >= 4 is 17.7 Å². The van der Waals surface area contributed by atoms with Crippen molar-refractivity contribution in [3.63, 3.8) is 0 Å². The third-order valence-corrected chi connectivity index (χ3v) is 4.05. The van der Waals surface area contributed by atoms with Gasteiger partial charge in [0.25, 0.3) is 0 Å². The molecule has 0 aliphatic carbocycles. The van der Waals surface area contributed by atoms with E-state index >= 15 is 0 Å². The largest absolute Gasteiger partial charge is 0.481 e. The second kappa shape index (κ2) is 7.11. The van der Waals surface area contributed by atoms with E-state index in [0.29, 0.717) is 25.4 Å². The first-order chi connectivity index (χ1) is 10.1. The summed E-state index contributed by atoms with van der Waals surface area (Å²) in [6.07, 6.45) is 2.70. The summed E-state index contributed by atoms with van der Waals surface area (Å²) in [6.45, 7) is 3.36. The van der Waals surface area contributed by atoms with Gasteiger partial charge in [-0.3, -0.25) is 4.79 Å². The number of carbonyl (C=O) groups excluding carboxylic acids is 1. The molecule has 21 heavy (non-hydrogen) atoms. The molecule has 5 heteroatoms. The molecule has 0 spiro atoms. The van der Waals surface area contributed by atoms with Crippen LogP contribution in [0.1, 0.15) is 31.2 Å². The zero-order chi connectivity index (χ0) is 15.2. The highest BCUT2D eigenvalue weighted by Gasteiger charge is 2.23. The van der Waals surface area contributed by atoms with E-state index in [1.165, 1.54) is 0 Å². The van der Waals surface area contributed by atoms with Gasteiger partial charge in [0.2, 0.25) is 0 Å². The van der Waals surface area contributed by atoms with Crippen molar-refractivity contribution in [3.8, 4) is 0 Å². The number of para-hydroxylation sites is 1. The predicted molar refractivity (Wildman–Crippen MR) is 81.4 cm³/mol. The Labute approximate surface area is 125 Å². The molecule has 0 aromatic heterocycles. The monoisotopic (exact) mass is 290 g/mol. The molecule has 2 N–H and O–H groups in total. The number of nitrogens with zero attached hydrogens (tertiary/aromatic N) is 1. The molecule has 2 amide bonds. The number of benzene rings is 1. The van der Waals surface area contributed by atoms with Crippen molar-refractivity contribution in [2.45, 2.75) is 32.6 Å². The fraction of sp³-hybridized carbons (Fsp3) is 0.500. The first-order valence-electron chi connectivity index (χ1n) is 7.39. The van der Waals surface area contributed by atoms with Gasteiger partial charge >= 0.3 is 12.0 Å². The van der Waals surface area contributed by atoms with E-state index in [4.69, 9.17) is 5.11 Å². The molecule has 0 atom stereocenters. The summed E-state index contributed by atoms with van der Waals surface area (Å²) in [5.41, 5.74) is 1.89. The third-order valence-electron chi connectivity index (χ3n) is 4.05. The Bertz CT molecular complexity index is 508. The van der Waals surface area contributed by atoms with Crippen LogP contribution in [-0.2, 0) is 4.79 Å². The Kier molecular flexibility index (Phi) is 5.20. The van der Waals surface area contributed by atoms with Crippen LogP contribution in [0, 0.1) is 12.8 Å². The van der Waals surface area contributed by atoms with Gasteiger partial charge in [-0.25, -0.2) is 4.79 Å². The summed E-state index contributed by atoms with van der Waals surface area (Å²) < 4.78 is 0. The maximum atomic E-state index is 12.2. The average Bonchev–Trinajstić information content (AvgIpc) is 2.48. The Balaban J connectivity index is 1.81. The van der Waals surface area contributed by atoms with Gasteiger partial charge in [-0.15, -0.1) is 0 Å². The van der Waals surface area contributed by atoms with Crippen molar-refractivity contribution in [1.82, 2.24) is 4.90 Å². The summed E-state index contributed by atoms with van der Waals surface area (Å²) in [6, 6.07) is 7.64. The maximum absolute atomic E-state index is 12.2. The molecule has 2 rings (SSSR count). The zero-order valence-corrected chi connectivity index (χ0v) is 12.3. The van der Waals surface area contributed by atoms with Gasteiger partial charge in [-0.2, -0.15) is 0 Å². The molecule has 0 bridgehead atoms. The normalized spacial score (nSPS) is 15.8. The molecule has 1 saturated heterocycles. The molecular weight excluding hydrogens is 268 g/mol. The lowest BCUT2D eigenvalue weighted by Gasteiger charge is -2.32. The Hall–Kier alpha value is -2.04. The van der Waals surface area contributed by atoms with Gasteiger partial charge < -0.3 is 15.3 Å². The average molecular weight is 290 g/mol. The van der Waals surface area contributed by atoms with Crippen LogP contribution in [0.2, 0.25) is 0 Å². The van der Waals surface area contributed by atoms with Crippen molar-refractivity contribution < 1.29 is 14.7 Å². The first kappa shape index (κ1) is 15.4. The van der Waals surface area contributed by atoms with Crippen molar-refractivity contribution in [1.29, 1.82) is 0 Å². The minimum atomic E-state index is -0.741. The molecule has 1 fully saturated rings. The standard InChI is InChI=1S/C16H22N2O3/c1-12-4-2-3-5-14(12)17-16(21)18-10-8-13(9-11-18)6-7-15(19)20/h2-5,13H,6-11H2,1H3,(H,17,21)(H,19,20). The fourth-order valence-electron chi connectivity index (χ4n) is 2.66. The van der Waals surface area contributed by atoms with Gasteiger partial charge in [0.1, 0.15) is 0 Å². The lowest BCUT2D eigenvalue weighted by molar-refractivity contribution is -0.137. The number of hydrogen-bond donors (Lipinski definition) is 2. The minimum absolute atomic E-state index is 0.0685. The highest BCUT2D eigenvalue weighted by atomic mass is 16.4. The Morgan fingerprint density at radius 2 is 1.95 bits per heavy atom. The smallest absolute Gasteiger partial charge is 0.321 e. The van der Waals surface area contributed by atoms with Gasteiger partial charge in [0.15, 0.2) is 0 Å². The number of amides is 2. The Morgan fingerprint density at radius 3 is 2.57 bits per heavy atom. The molecule has 0 saturated carbocycles. The summed E-state index contributed by atoms with van der Waals surface area (Å²) >= 11 is 0. The molecule has 1 aromatic rings. The van der Waals surface area contributed by atoms with Crippen LogP contribution >= 0.6 is 0 Å². The van der Waals surface area contributed by atoms with E-state index in [1.54, 1.807) is 0 Å². The van der Waals surface area contributed by atoms with E-state index in [0.717, 1.165) is 24.1 Å². The predicted octanol–water partition coefficient (Wildman–Crippen LogP) is 3.10. The van der Waals surface area contributed by atoms with E-state index in [1.807, 2.05) is 36.1 Å². The van der Waals surface area contributed by atoms with Crippen molar-refractivity contribution in [2.24, 2.45) is 5.92 Å². The van der Waals surface area contributed by atoms with Gasteiger partial charge in [0.05, 0.1) is 0 Å². The van der Waals surface area contributed by atoms with Crippen LogP contribution in [-0.4, -0.2) is 35.1 Å². The van der Waals surface area contributed by atoms with Crippen LogP contribution < -0.4 is 5.32 Å². The summed E-state index contributed by atoms with van der Waals surface area (Å²) in [5.74, 6) is -0.321. The number of aliphatic carboxylic acids is 1. The summed E-state index contributed by atoms with van der Waals surface area (Å²) in [5, 5.41) is 11.6. The number of carboxylic acid groups (broad SMARTS) is 1. The number of piperidine rings is 1. The van der Waals surface area contributed by atoms with Crippen molar-refractivity contribution in [3.05, 3.63) is 29.8 Å². The van der Waals surface area contributed by atoms with Crippen LogP contribution in [0.15, 0.2) is 24.3 Å². The molecule has 1 aromatic carbocycles. The number of rotatable bonds is 4. The van der Waals surface area contributed by atoms with Crippen molar-refractivity contribution in [2.75, 3.05) is 18.4 Å². The highest BCUT2D eigenvalue weighted by Crippen LogP contribution is 2.23. The number of hydrogen-bond acceptors (Lipinski definition) is 2. The second-order valence-electron chi connectivity index (χ2n) is 5.61. The van der Waals surface area contributed by atoms with Crippen LogP contribution in [0.3, 0.4) is 0 Å². The topological polar surface area (TPSA) is 69.6 Å². The summed E-state index contributed by atoms with van der Waals surface area (Å²) in [7, 11) is 0.